The van der Waals surface area contributed by atoms with Gasteiger partial charge in [-0.25, -0.2) is 9.97 Å². The molecule has 156 valence electrons. The van der Waals surface area contributed by atoms with Crippen LogP contribution in [0.1, 0.15) is 32.0 Å². The fourth-order valence-electron chi connectivity index (χ4n) is 2.94. The molecule has 9 heteroatoms. The first kappa shape index (κ1) is 21.1. The van der Waals surface area contributed by atoms with Gasteiger partial charge in [-0.2, -0.15) is 10.4 Å². The van der Waals surface area contributed by atoms with E-state index >= 15 is 0 Å². The predicted molar refractivity (Wildman–Crippen MR) is 114 cm³/mol. The summed E-state index contributed by atoms with van der Waals surface area (Å²) in [6.07, 6.45) is 3.66. The van der Waals surface area contributed by atoms with Crippen molar-refractivity contribution in [2.45, 2.75) is 26.3 Å². The number of nitrogens with one attached hydrogen (secondary N) is 1. The van der Waals surface area contributed by atoms with Gasteiger partial charge in [-0.3, -0.25) is 4.68 Å². The molecular weight excluding hydrogens is 382 g/mol. The van der Waals surface area contributed by atoms with Crippen molar-refractivity contribution in [3.63, 3.8) is 0 Å². The van der Waals surface area contributed by atoms with Crippen molar-refractivity contribution in [1.82, 2.24) is 19.7 Å². The molecule has 0 saturated carbocycles. The SMILES string of the molecule is COc1cccc(OCCCN)c1-c1cc(Nc2cnc(C#N)cn2)nn1C(C)C. The highest BCUT2D eigenvalue weighted by molar-refractivity contribution is 5.77. The standard InChI is InChI=1S/C21H25N7O2/c1-14(2)28-16(10-19(27-28)26-20-13-24-15(11-23)12-25-20)21-17(29-3)6-4-7-18(21)30-9-5-8-22/h4,6-7,10,12-14H,5,8-9,22H2,1-3H3,(H,25,26,27). The van der Waals surface area contributed by atoms with Gasteiger partial charge in [0, 0.05) is 12.1 Å². The van der Waals surface area contributed by atoms with E-state index in [1.54, 1.807) is 7.11 Å². The van der Waals surface area contributed by atoms with Crippen LogP contribution in [0.25, 0.3) is 11.3 Å². The summed E-state index contributed by atoms with van der Waals surface area (Å²) in [6.45, 7) is 5.17. The molecule has 0 fully saturated rings. The zero-order chi connectivity index (χ0) is 21.5. The fourth-order valence-corrected chi connectivity index (χ4v) is 2.94. The number of rotatable bonds is 9. The number of hydrogen-bond donors (Lipinski definition) is 2. The van der Waals surface area contributed by atoms with Gasteiger partial charge in [-0.1, -0.05) is 6.07 Å². The van der Waals surface area contributed by atoms with E-state index in [0.717, 1.165) is 17.7 Å². The molecule has 30 heavy (non-hydrogen) atoms. The Morgan fingerprint density at radius 3 is 2.63 bits per heavy atom. The molecule has 0 bridgehead atoms. The van der Waals surface area contributed by atoms with Crippen molar-refractivity contribution in [3.05, 3.63) is 42.4 Å². The molecule has 3 aromatic rings. The van der Waals surface area contributed by atoms with E-state index in [1.807, 2.05) is 48.9 Å². The molecule has 9 nitrogen and oxygen atoms in total. The first-order chi connectivity index (χ1) is 14.6. The molecule has 3 N–H and O–H groups in total. The van der Waals surface area contributed by atoms with E-state index in [-0.39, 0.29) is 11.7 Å². The molecule has 0 amide bonds. The second-order valence-electron chi connectivity index (χ2n) is 6.80. The maximum absolute atomic E-state index is 8.88. The molecule has 0 atom stereocenters. The first-order valence-electron chi connectivity index (χ1n) is 9.66. The van der Waals surface area contributed by atoms with E-state index in [1.165, 1.54) is 12.4 Å². The summed E-state index contributed by atoms with van der Waals surface area (Å²) in [7, 11) is 1.63. The summed E-state index contributed by atoms with van der Waals surface area (Å²) in [5, 5.41) is 16.7. The van der Waals surface area contributed by atoms with Crippen LogP contribution in [0.15, 0.2) is 36.7 Å². The number of nitriles is 1. The number of nitrogens with zero attached hydrogens (tertiary/aromatic N) is 5. The Hall–Kier alpha value is -3.64. The van der Waals surface area contributed by atoms with Gasteiger partial charge in [0.05, 0.1) is 37.4 Å². The highest BCUT2D eigenvalue weighted by atomic mass is 16.5. The zero-order valence-corrected chi connectivity index (χ0v) is 17.3. The van der Waals surface area contributed by atoms with E-state index in [0.29, 0.717) is 36.3 Å². The molecule has 0 unspecified atom stereocenters. The summed E-state index contributed by atoms with van der Waals surface area (Å²) in [5.41, 5.74) is 7.51. The first-order valence-corrected chi connectivity index (χ1v) is 9.66. The van der Waals surface area contributed by atoms with Crippen LogP contribution in [-0.4, -0.2) is 40.0 Å². The Kier molecular flexibility index (Phi) is 6.83. The lowest BCUT2D eigenvalue weighted by molar-refractivity contribution is 0.312. The molecule has 0 aliphatic heterocycles. The maximum atomic E-state index is 8.88. The predicted octanol–water partition coefficient (Wildman–Crippen LogP) is 3.27. The number of aromatic nitrogens is 4. The third-order valence-electron chi connectivity index (χ3n) is 4.32. The number of methoxy groups -OCH3 is 1. The minimum Gasteiger partial charge on any atom is -0.496 e. The van der Waals surface area contributed by atoms with Gasteiger partial charge in [0.1, 0.15) is 23.4 Å². The van der Waals surface area contributed by atoms with E-state index in [4.69, 9.17) is 20.5 Å². The van der Waals surface area contributed by atoms with Gasteiger partial charge in [0.2, 0.25) is 0 Å². The van der Waals surface area contributed by atoms with Crippen molar-refractivity contribution in [3.8, 4) is 28.8 Å². The van der Waals surface area contributed by atoms with Crippen molar-refractivity contribution < 1.29 is 9.47 Å². The largest absolute Gasteiger partial charge is 0.496 e. The van der Waals surface area contributed by atoms with Gasteiger partial charge in [0.15, 0.2) is 11.5 Å². The van der Waals surface area contributed by atoms with Crippen molar-refractivity contribution in [2.24, 2.45) is 5.73 Å². The molecule has 0 radical (unpaired) electrons. The van der Waals surface area contributed by atoms with Gasteiger partial charge in [0.25, 0.3) is 0 Å². The van der Waals surface area contributed by atoms with Gasteiger partial charge in [-0.15, -0.1) is 0 Å². The molecule has 0 aliphatic rings. The summed E-state index contributed by atoms with van der Waals surface area (Å²) < 4.78 is 13.5. The van der Waals surface area contributed by atoms with Crippen LogP contribution in [-0.2, 0) is 0 Å². The normalized spacial score (nSPS) is 10.7. The van der Waals surface area contributed by atoms with Gasteiger partial charge < -0.3 is 20.5 Å². The smallest absolute Gasteiger partial charge is 0.158 e. The lowest BCUT2D eigenvalue weighted by Crippen LogP contribution is -2.09. The Morgan fingerprint density at radius 1 is 1.20 bits per heavy atom. The molecule has 0 aliphatic carbocycles. The Bertz CT molecular complexity index is 1020. The number of ether oxygens (including phenoxy) is 2. The molecular formula is C21H25N7O2. The third kappa shape index (κ3) is 4.67. The van der Waals surface area contributed by atoms with E-state index in [9.17, 15) is 0 Å². The highest BCUT2D eigenvalue weighted by Gasteiger charge is 2.20. The molecule has 2 aromatic heterocycles. The fraction of sp³-hybridized carbons (Fsp3) is 0.333. The van der Waals surface area contributed by atoms with Crippen molar-refractivity contribution in [1.29, 1.82) is 5.26 Å². The number of benzene rings is 1. The van der Waals surface area contributed by atoms with Crippen LogP contribution in [0.3, 0.4) is 0 Å². The average Bonchev–Trinajstić information content (AvgIpc) is 3.18. The van der Waals surface area contributed by atoms with Crippen LogP contribution < -0.4 is 20.5 Å². The molecule has 2 heterocycles. The highest BCUT2D eigenvalue weighted by Crippen LogP contribution is 2.40. The Morgan fingerprint density at radius 2 is 2.00 bits per heavy atom. The monoisotopic (exact) mass is 407 g/mol. The van der Waals surface area contributed by atoms with Crippen LogP contribution in [0, 0.1) is 11.3 Å². The minimum absolute atomic E-state index is 0.0874. The van der Waals surface area contributed by atoms with Crippen molar-refractivity contribution >= 4 is 11.6 Å². The third-order valence-corrected chi connectivity index (χ3v) is 4.32. The maximum Gasteiger partial charge on any atom is 0.158 e. The molecule has 1 aromatic carbocycles. The topological polar surface area (TPSA) is 124 Å². The number of nitrogens with two attached hydrogens (primary N) is 1. The summed E-state index contributed by atoms with van der Waals surface area (Å²) in [5.74, 6) is 2.48. The summed E-state index contributed by atoms with van der Waals surface area (Å²) >= 11 is 0. The van der Waals surface area contributed by atoms with Gasteiger partial charge in [-0.05, 0) is 38.9 Å². The quantitative estimate of drug-likeness (QED) is 0.518. The lowest BCUT2D eigenvalue weighted by atomic mass is 10.1. The number of anilines is 2. The number of hydrogen-bond acceptors (Lipinski definition) is 8. The van der Waals surface area contributed by atoms with Crippen LogP contribution >= 0.6 is 0 Å². The van der Waals surface area contributed by atoms with Crippen LogP contribution in [0.2, 0.25) is 0 Å². The van der Waals surface area contributed by atoms with Gasteiger partial charge >= 0.3 is 0 Å². The Labute approximate surface area is 175 Å². The second-order valence-corrected chi connectivity index (χ2v) is 6.80. The van der Waals surface area contributed by atoms with E-state index in [2.05, 4.69) is 20.4 Å². The molecule has 0 saturated heterocycles. The average molecular weight is 407 g/mol. The van der Waals surface area contributed by atoms with E-state index < -0.39 is 0 Å². The van der Waals surface area contributed by atoms with Crippen LogP contribution in [0.5, 0.6) is 11.5 Å². The summed E-state index contributed by atoms with van der Waals surface area (Å²) in [4.78, 5) is 8.22. The minimum atomic E-state index is 0.0874. The summed E-state index contributed by atoms with van der Waals surface area (Å²) in [6, 6.07) is 9.64. The molecule has 3 rings (SSSR count). The molecule has 0 spiro atoms. The lowest BCUT2D eigenvalue weighted by Gasteiger charge is -2.17. The zero-order valence-electron chi connectivity index (χ0n) is 17.3. The second kappa shape index (κ2) is 9.71. The van der Waals surface area contributed by atoms with Crippen LogP contribution in [0.4, 0.5) is 11.6 Å². The Balaban J connectivity index is 2.01. The van der Waals surface area contributed by atoms with Crippen molar-refractivity contribution in [2.75, 3.05) is 25.6 Å².